The van der Waals surface area contributed by atoms with Crippen LogP contribution in [-0.4, -0.2) is 31.5 Å². The van der Waals surface area contributed by atoms with E-state index in [1.54, 1.807) is 18.3 Å². The Labute approximate surface area is 161 Å². The summed E-state index contributed by atoms with van der Waals surface area (Å²) in [6.07, 6.45) is 2.59. The van der Waals surface area contributed by atoms with Crippen molar-refractivity contribution in [3.05, 3.63) is 41.9 Å². The van der Waals surface area contributed by atoms with E-state index in [0.29, 0.717) is 0 Å². The summed E-state index contributed by atoms with van der Waals surface area (Å²) in [5, 5.41) is 3.87. The highest BCUT2D eigenvalue weighted by molar-refractivity contribution is 7.21. The lowest BCUT2D eigenvalue weighted by Gasteiger charge is -2.12. The summed E-state index contributed by atoms with van der Waals surface area (Å²) in [5.41, 5.74) is 5.98. The van der Waals surface area contributed by atoms with Gasteiger partial charge >= 0.3 is 0 Å². The normalized spacial score (nSPS) is 12.6. The zero-order chi connectivity index (χ0) is 19.1. The van der Waals surface area contributed by atoms with Crippen molar-refractivity contribution in [1.29, 1.82) is 0 Å². The summed E-state index contributed by atoms with van der Waals surface area (Å²) in [5.74, 6) is -0.00790. The lowest BCUT2D eigenvalue weighted by molar-refractivity contribution is -0.119. The van der Waals surface area contributed by atoms with Gasteiger partial charge in [-0.15, -0.1) is 0 Å². The average molecular weight is 379 g/mol. The number of aromatic nitrogens is 4. The van der Waals surface area contributed by atoms with Crippen LogP contribution in [0.3, 0.4) is 0 Å². The SMILES string of the molecule is CC(=O)NC(C)Cc1cccc(-c2nc3c(nc(C)c4ncn(C)c43)s2)c1. The van der Waals surface area contributed by atoms with Crippen molar-refractivity contribution in [3.63, 3.8) is 0 Å². The van der Waals surface area contributed by atoms with Gasteiger partial charge in [0, 0.05) is 25.6 Å². The van der Waals surface area contributed by atoms with Gasteiger partial charge in [0.25, 0.3) is 0 Å². The maximum Gasteiger partial charge on any atom is 0.217 e. The number of hydrogen-bond donors (Lipinski definition) is 1. The molecule has 138 valence electrons. The van der Waals surface area contributed by atoms with E-state index in [9.17, 15) is 4.79 Å². The third kappa shape index (κ3) is 3.30. The van der Waals surface area contributed by atoms with Crippen LogP contribution in [0.15, 0.2) is 30.6 Å². The predicted octanol–water partition coefficient (Wildman–Crippen LogP) is 3.62. The molecule has 7 heteroatoms. The van der Waals surface area contributed by atoms with Crippen molar-refractivity contribution < 1.29 is 4.79 Å². The molecule has 6 nitrogen and oxygen atoms in total. The van der Waals surface area contributed by atoms with Crippen molar-refractivity contribution in [2.24, 2.45) is 7.05 Å². The van der Waals surface area contributed by atoms with Gasteiger partial charge in [0.1, 0.15) is 20.9 Å². The summed E-state index contributed by atoms with van der Waals surface area (Å²) >= 11 is 1.60. The summed E-state index contributed by atoms with van der Waals surface area (Å²) < 4.78 is 2.00. The number of aryl methyl sites for hydroxylation is 2. The van der Waals surface area contributed by atoms with Gasteiger partial charge in [-0.2, -0.15) is 0 Å². The number of rotatable bonds is 4. The molecule has 0 bridgehead atoms. The zero-order valence-corrected chi connectivity index (χ0v) is 16.6. The van der Waals surface area contributed by atoms with E-state index in [4.69, 9.17) is 9.97 Å². The van der Waals surface area contributed by atoms with Gasteiger partial charge in [0.05, 0.1) is 17.5 Å². The monoisotopic (exact) mass is 379 g/mol. The molecule has 3 aromatic heterocycles. The molecule has 0 saturated carbocycles. The van der Waals surface area contributed by atoms with Crippen LogP contribution in [-0.2, 0) is 18.3 Å². The number of nitrogens with one attached hydrogen (secondary N) is 1. The van der Waals surface area contributed by atoms with Crippen LogP contribution in [0.1, 0.15) is 25.1 Å². The van der Waals surface area contributed by atoms with Crippen molar-refractivity contribution in [3.8, 4) is 10.6 Å². The Balaban J connectivity index is 1.74. The molecule has 0 spiro atoms. The van der Waals surface area contributed by atoms with E-state index >= 15 is 0 Å². The van der Waals surface area contributed by atoms with Crippen molar-refractivity contribution >= 4 is 38.6 Å². The number of carbonyl (C=O) groups excluding carboxylic acids is 1. The highest BCUT2D eigenvalue weighted by Gasteiger charge is 2.16. The number of thiazole rings is 1. The number of fused-ring (bicyclic) bond motifs is 3. The third-order valence-corrected chi connectivity index (χ3v) is 5.55. The molecule has 0 fully saturated rings. The van der Waals surface area contributed by atoms with Crippen molar-refractivity contribution in [2.45, 2.75) is 33.2 Å². The average Bonchev–Trinajstić information content (AvgIpc) is 3.18. The number of hydrogen-bond acceptors (Lipinski definition) is 5. The molecule has 1 aromatic carbocycles. The first kappa shape index (κ1) is 17.6. The molecule has 0 aliphatic rings. The maximum atomic E-state index is 11.2. The smallest absolute Gasteiger partial charge is 0.217 e. The Kier molecular flexibility index (Phi) is 4.39. The van der Waals surface area contributed by atoms with Crippen LogP contribution in [0.5, 0.6) is 0 Å². The minimum Gasteiger partial charge on any atom is -0.354 e. The molecule has 0 radical (unpaired) electrons. The van der Waals surface area contributed by atoms with E-state index in [1.165, 1.54) is 5.56 Å². The Morgan fingerprint density at radius 2 is 2.11 bits per heavy atom. The van der Waals surface area contributed by atoms with E-state index in [0.717, 1.165) is 44.1 Å². The van der Waals surface area contributed by atoms with Crippen LogP contribution < -0.4 is 5.32 Å². The fraction of sp³-hybridized carbons (Fsp3) is 0.300. The lowest BCUT2D eigenvalue weighted by Crippen LogP contribution is -2.31. The maximum absolute atomic E-state index is 11.2. The zero-order valence-electron chi connectivity index (χ0n) is 15.8. The number of carbonyl (C=O) groups is 1. The molecule has 27 heavy (non-hydrogen) atoms. The van der Waals surface area contributed by atoms with Crippen LogP contribution in [0, 0.1) is 6.92 Å². The minimum absolute atomic E-state index is 0.00790. The molecule has 0 aliphatic heterocycles. The summed E-state index contributed by atoms with van der Waals surface area (Å²) in [6, 6.07) is 8.42. The molecule has 4 aromatic rings. The van der Waals surface area contributed by atoms with Crippen LogP contribution in [0.2, 0.25) is 0 Å². The quantitative estimate of drug-likeness (QED) is 0.588. The molecule has 4 rings (SSSR count). The second-order valence-corrected chi connectivity index (χ2v) is 7.91. The highest BCUT2D eigenvalue weighted by Crippen LogP contribution is 2.33. The summed E-state index contributed by atoms with van der Waals surface area (Å²) in [7, 11) is 1.98. The Hall–Kier alpha value is -2.80. The molecule has 1 unspecified atom stereocenters. The largest absolute Gasteiger partial charge is 0.354 e. The number of nitrogens with zero attached hydrogens (tertiary/aromatic N) is 4. The summed E-state index contributed by atoms with van der Waals surface area (Å²) in [6.45, 7) is 5.54. The van der Waals surface area contributed by atoms with Crippen molar-refractivity contribution in [2.75, 3.05) is 0 Å². The molecule has 0 saturated heterocycles. The number of imidazole rings is 1. The number of amides is 1. The first-order valence-corrected chi connectivity index (χ1v) is 9.68. The van der Waals surface area contributed by atoms with E-state index in [1.807, 2.05) is 37.9 Å². The molecule has 0 aliphatic carbocycles. The second kappa shape index (κ2) is 6.74. The molecule has 1 amide bonds. The first-order chi connectivity index (χ1) is 12.9. The molecule has 1 atom stereocenters. The van der Waals surface area contributed by atoms with E-state index < -0.39 is 0 Å². The Morgan fingerprint density at radius 1 is 1.30 bits per heavy atom. The van der Waals surface area contributed by atoms with E-state index in [-0.39, 0.29) is 11.9 Å². The fourth-order valence-corrected chi connectivity index (χ4v) is 4.41. The second-order valence-electron chi connectivity index (χ2n) is 6.93. The van der Waals surface area contributed by atoms with E-state index in [2.05, 4.69) is 28.5 Å². The number of benzene rings is 1. The molecular weight excluding hydrogens is 358 g/mol. The summed E-state index contributed by atoms with van der Waals surface area (Å²) in [4.78, 5) is 26.2. The third-order valence-electron chi connectivity index (χ3n) is 4.55. The van der Waals surface area contributed by atoms with Gasteiger partial charge in [-0.1, -0.05) is 29.5 Å². The predicted molar refractivity (Wildman–Crippen MR) is 109 cm³/mol. The Morgan fingerprint density at radius 3 is 2.89 bits per heavy atom. The topological polar surface area (TPSA) is 72.7 Å². The molecule has 1 N–H and O–H groups in total. The Bertz CT molecular complexity index is 1160. The highest BCUT2D eigenvalue weighted by atomic mass is 32.1. The van der Waals surface area contributed by atoms with Gasteiger partial charge in [0.15, 0.2) is 0 Å². The van der Waals surface area contributed by atoms with Gasteiger partial charge < -0.3 is 9.88 Å². The first-order valence-electron chi connectivity index (χ1n) is 8.87. The van der Waals surface area contributed by atoms with Gasteiger partial charge in [0.2, 0.25) is 5.91 Å². The van der Waals surface area contributed by atoms with Crippen LogP contribution in [0.4, 0.5) is 0 Å². The molecule has 3 heterocycles. The standard InChI is InChI=1S/C20H21N5OS/c1-11(22-13(3)26)8-14-6-5-7-15(9-14)19-24-17-18-16(21-10-25(18)4)12(2)23-20(17)27-19/h5-7,9-11H,8H2,1-4H3,(H,22,26). The fourth-order valence-electron chi connectivity index (χ4n) is 3.43. The van der Waals surface area contributed by atoms with Crippen molar-refractivity contribution in [1.82, 2.24) is 24.8 Å². The van der Waals surface area contributed by atoms with Gasteiger partial charge in [-0.3, -0.25) is 4.79 Å². The molecular formula is C20H21N5OS. The van der Waals surface area contributed by atoms with Crippen LogP contribution >= 0.6 is 11.3 Å². The van der Waals surface area contributed by atoms with Crippen LogP contribution in [0.25, 0.3) is 32.0 Å². The number of pyridine rings is 1. The minimum atomic E-state index is -0.00790. The van der Waals surface area contributed by atoms with Gasteiger partial charge in [-0.05, 0) is 31.9 Å². The lowest BCUT2D eigenvalue weighted by atomic mass is 10.0. The van der Waals surface area contributed by atoms with Gasteiger partial charge in [-0.25, -0.2) is 15.0 Å².